The SMILES string of the molecule is CC/C=C\C/C=C\C/C=C\C/C=C\C/C=C\C/C=C\CCC(=O)OC[C@@H](COC(=O)CCCCCCCCC/C=C\CCCCCCCCCC)OC(=O)CCCCC/C=C\C/C=C\C/C=C\C/C=C\C/C=C\CC. The first kappa shape index (κ1) is 70.3. The number of rotatable bonds is 53. The molecule has 0 heterocycles. The zero-order valence-electron chi connectivity index (χ0n) is 48.3. The lowest BCUT2D eigenvalue weighted by Crippen LogP contribution is -2.30. The quantitative estimate of drug-likeness (QED) is 0.0261. The van der Waals surface area contributed by atoms with Crippen molar-refractivity contribution < 1.29 is 28.6 Å². The number of esters is 3. The van der Waals surface area contributed by atoms with Crippen LogP contribution in [0.2, 0.25) is 0 Å². The smallest absolute Gasteiger partial charge is 0.306 e. The highest BCUT2D eigenvalue weighted by Gasteiger charge is 2.19. The molecule has 0 rings (SSSR count). The molecule has 0 aromatic carbocycles. The fraction of sp³-hybridized carbons (Fsp3) is 0.609. The van der Waals surface area contributed by atoms with Crippen LogP contribution in [-0.2, 0) is 28.6 Å². The summed E-state index contributed by atoms with van der Waals surface area (Å²) >= 11 is 0. The van der Waals surface area contributed by atoms with Crippen molar-refractivity contribution in [3.8, 4) is 0 Å². The summed E-state index contributed by atoms with van der Waals surface area (Å²) in [5.74, 6) is -1.05. The van der Waals surface area contributed by atoms with E-state index in [1.807, 2.05) is 12.2 Å². The van der Waals surface area contributed by atoms with Gasteiger partial charge in [-0.15, -0.1) is 0 Å². The summed E-state index contributed by atoms with van der Waals surface area (Å²) in [5.41, 5.74) is 0. The van der Waals surface area contributed by atoms with Gasteiger partial charge in [0.2, 0.25) is 0 Å². The van der Waals surface area contributed by atoms with E-state index in [0.717, 1.165) is 109 Å². The van der Waals surface area contributed by atoms with Crippen molar-refractivity contribution in [3.63, 3.8) is 0 Å². The lowest BCUT2D eigenvalue weighted by atomic mass is 10.1. The van der Waals surface area contributed by atoms with E-state index in [0.29, 0.717) is 19.3 Å². The van der Waals surface area contributed by atoms with Crippen LogP contribution in [0, 0.1) is 0 Å². The predicted molar refractivity (Wildman–Crippen MR) is 325 cm³/mol. The lowest BCUT2D eigenvalue weighted by molar-refractivity contribution is -0.166. The van der Waals surface area contributed by atoms with Crippen LogP contribution < -0.4 is 0 Å². The van der Waals surface area contributed by atoms with Crippen LogP contribution in [0.1, 0.15) is 252 Å². The largest absolute Gasteiger partial charge is 0.462 e. The third-order valence-electron chi connectivity index (χ3n) is 12.3. The van der Waals surface area contributed by atoms with Gasteiger partial charge in [-0.1, -0.05) is 250 Å². The molecule has 6 heteroatoms. The molecule has 0 aromatic rings. The summed E-state index contributed by atoms with van der Waals surface area (Å²) in [5, 5.41) is 0. The van der Waals surface area contributed by atoms with E-state index < -0.39 is 6.10 Å². The van der Waals surface area contributed by atoms with Gasteiger partial charge in [-0.05, 0) is 128 Å². The third-order valence-corrected chi connectivity index (χ3v) is 12.3. The first-order chi connectivity index (χ1) is 37.0. The summed E-state index contributed by atoms with van der Waals surface area (Å²) < 4.78 is 16.8. The fourth-order valence-electron chi connectivity index (χ4n) is 7.84. The number of carbonyl (C=O) groups is 3. The molecule has 0 aliphatic rings. The second-order valence-electron chi connectivity index (χ2n) is 19.5. The highest BCUT2D eigenvalue weighted by molar-refractivity contribution is 5.71. The van der Waals surface area contributed by atoms with Crippen LogP contribution in [0.25, 0.3) is 0 Å². The van der Waals surface area contributed by atoms with Gasteiger partial charge in [0.1, 0.15) is 13.2 Å². The van der Waals surface area contributed by atoms with Crippen molar-refractivity contribution in [1.82, 2.24) is 0 Å². The molecule has 0 unspecified atom stereocenters. The normalized spacial score (nSPS) is 13.2. The fourth-order valence-corrected chi connectivity index (χ4v) is 7.84. The zero-order valence-corrected chi connectivity index (χ0v) is 48.3. The van der Waals surface area contributed by atoms with Gasteiger partial charge in [0.25, 0.3) is 0 Å². The minimum absolute atomic E-state index is 0.122. The van der Waals surface area contributed by atoms with Crippen molar-refractivity contribution in [2.75, 3.05) is 13.2 Å². The molecule has 422 valence electrons. The summed E-state index contributed by atoms with van der Waals surface area (Å²) in [6, 6.07) is 0. The Bertz CT molecular complexity index is 1660. The molecular formula is C69H110O6. The molecule has 0 radical (unpaired) electrons. The third kappa shape index (κ3) is 60.0. The predicted octanol–water partition coefficient (Wildman–Crippen LogP) is 20.8. The molecule has 1 atom stereocenters. The Morgan fingerprint density at radius 3 is 0.920 bits per heavy atom. The van der Waals surface area contributed by atoms with Crippen molar-refractivity contribution in [3.05, 3.63) is 146 Å². The van der Waals surface area contributed by atoms with E-state index in [-0.39, 0.29) is 44.0 Å². The van der Waals surface area contributed by atoms with Crippen LogP contribution in [-0.4, -0.2) is 37.2 Å². The van der Waals surface area contributed by atoms with Crippen LogP contribution in [0.15, 0.2) is 146 Å². The molecule has 75 heavy (non-hydrogen) atoms. The van der Waals surface area contributed by atoms with Crippen molar-refractivity contribution in [2.24, 2.45) is 0 Å². The highest BCUT2D eigenvalue weighted by atomic mass is 16.6. The van der Waals surface area contributed by atoms with Gasteiger partial charge in [-0.2, -0.15) is 0 Å². The van der Waals surface area contributed by atoms with Gasteiger partial charge in [0, 0.05) is 19.3 Å². The molecule has 0 aliphatic heterocycles. The molecule has 0 spiro atoms. The van der Waals surface area contributed by atoms with Crippen molar-refractivity contribution in [1.29, 1.82) is 0 Å². The average Bonchev–Trinajstić information content (AvgIpc) is 3.41. The van der Waals surface area contributed by atoms with Crippen molar-refractivity contribution in [2.45, 2.75) is 258 Å². The maximum absolute atomic E-state index is 12.9. The van der Waals surface area contributed by atoms with Crippen molar-refractivity contribution >= 4 is 17.9 Å². The summed E-state index contributed by atoms with van der Waals surface area (Å²) in [6.45, 7) is 6.32. The van der Waals surface area contributed by atoms with E-state index in [2.05, 4.69) is 154 Å². The van der Waals surface area contributed by atoms with Gasteiger partial charge >= 0.3 is 17.9 Å². The maximum atomic E-state index is 12.9. The Morgan fingerprint density at radius 1 is 0.280 bits per heavy atom. The number of hydrogen-bond acceptors (Lipinski definition) is 6. The number of carbonyl (C=O) groups excluding carboxylic acids is 3. The molecule has 0 saturated carbocycles. The van der Waals surface area contributed by atoms with E-state index in [4.69, 9.17) is 14.2 Å². The number of hydrogen-bond donors (Lipinski definition) is 0. The minimum atomic E-state index is -0.836. The van der Waals surface area contributed by atoms with Crippen LogP contribution in [0.5, 0.6) is 0 Å². The second kappa shape index (κ2) is 61.8. The van der Waals surface area contributed by atoms with E-state index in [1.54, 1.807) is 0 Å². The number of ether oxygens (including phenoxy) is 3. The summed E-state index contributed by atoms with van der Waals surface area (Å²) in [4.78, 5) is 38.2. The Hall–Kier alpha value is -4.71. The highest BCUT2D eigenvalue weighted by Crippen LogP contribution is 2.14. The van der Waals surface area contributed by atoms with Gasteiger partial charge in [-0.25, -0.2) is 0 Å². The number of allylic oxidation sites excluding steroid dienone is 24. The summed E-state index contributed by atoms with van der Waals surface area (Å²) in [6.07, 6.45) is 88.5. The Morgan fingerprint density at radius 2 is 0.547 bits per heavy atom. The van der Waals surface area contributed by atoms with Crippen LogP contribution >= 0.6 is 0 Å². The van der Waals surface area contributed by atoms with E-state index in [9.17, 15) is 14.4 Å². The minimum Gasteiger partial charge on any atom is -0.462 e. The molecule has 0 bridgehead atoms. The molecule has 0 aromatic heterocycles. The molecule has 0 N–H and O–H groups in total. The van der Waals surface area contributed by atoms with Crippen LogP contribution in [0.4, 0.5) is 0 Å². The van der Waals surface area contributed by atoms with Gasteiger partial charge in [-0.3, -0.25) is 14.4 Å². The standard InChI is InChI=1S/C69H110O6/c1-4-7-10-13-16-19-22-25-28-31-34-37-40-43-46-49-52-55-58-61-67(70)73-64-66(75-69(72)63-60-57-54-51-48-45-42-39-36-33-30-27-24-21-18-15-12-9-6-3)65-74-68(71)62-59-56-53-50-47-44-41-38-35-32-29-26-23-20-17-14-11-8-5-2/h7,9-10,12,16,18-19,21,25,27-28,30,32,34-37,39,43,45-46,48,52,55,66H,4-6,8,11,13-15,17,20,22-24,26,29,31,33,38,40-42,44,47,49-51,53-54,56-65H2,1-3H3/b10-7-,12-9-,19-16-,21-18-,28-25-,30-27-,35-32-,37-34-,39-36-,46-43-,48-45-,55-52-/t66-/m0/s1. The maximum Gasteiger partial charge on any atom is 0.306 e. The van der Waals surface area contributed by atoms with E-state index >= 15 is 0 Å². The Balaban J connectivity index is 4.58. The average molecular weight is 1040 g/mol. The lowest BCUT2D eigenvalue weighted by Gasteiger charge is -2.18. The molecule has 6 nitrogen and oxygen atoms in total. The van der Waals surface area contributed by atoms with Gasteiger partial charge < -0.3 is 14.2 Å². The zero-order chi connectivity index (χ0) is 54.3. The molecular weight excluding hydrogens is 925 g/mol. The Labute approximate surface area is 461 Å². The monoisotopic (exact) mass is 1030 g/mol. The van der Waals surface area contributed by atoms with Gasteiger partial charge in [0.15, 0.2) is 6.10 Å². The van der Waals surface area contributed by atoms with E-state index in [1.165, 1.54) is 89.9 Å². The van der Waals surface area contributed by atoms with Crippen LogP contribution in [0.3, 0.4) is 0 Å². The first-order valence-corrected chi connectivity index (χ1v) is 30.3. The number of unbranched alkanes of at least 4 members (excludes halogenated alkanes) is 18. The first-order valence-electron chi connectivity index (χ1n) is 30.3. The Kier molecular flexibility index (Phi) is 58.0. The topological polar surface area (TPSA) is 78.9 Å². The second-order valence-corrected chi connectivity index (χ2v) is 19.5. The molecule has 0 aliphatic carbocycles. The molecule has 0 amide bonds. The summed E-state index contributed by atoms with van der Waals surface area (Å²) in [7, 11) is 0. The molecule has 0 fully saturated rings. The molecule has 0 saturated heterocycles. The van der Waals surface area contributed by atoms with Gasteiger partial charge in [0.05, 0.1) is 0 Å².